The fraction of sp³-hybridized carbons (Fsp3) is 0.548. The van der Waals surface area contributed by atoms with Crippen LogP contribution in [-0.4, -0.2) is 24.5 Å². The lowest BCUT2D eigenvalue weighted by molar-refractivity contribution is -0.142. The molecule has 0 heterocycles. The zero-order valence-electron chi connectivity index (χ0n) is 23.3. The van der Waals surface area contributed by atoms with Gasteiger partial charge in [0, 0.05) is 19.0 Å². The molecule has 2 rings (SSSR count). The van der Waals surface area contributed by atoms with Crippen molar-refractivity contribution in [1.82, 2.24) is 5.32 Å². The predicted molar refractivity (Wildman–Crippen MR) is 151 cm³/mol. The Hall–Kier alpha value is -3.02. The molecule has 37 heavy (non-hydrogen) atoms. The van der Waals surface area contributed by atoms with E-state index >= 15 is 0 Å². The number of nitrogens with one attached hydrogen (secondary N) is 1. The highest BCUT2D eigenvalue weighted by atomic mass is 16.7. The van der Waals surface area contributed by atoms with E-state index < -0.39 is 5.97 Å². The van der Waals surface area contributed by atoms with E-state index in [1.54, 1.807) is 5.06 Å². The standard InChI is InChI=1S/C31H46N2O4/c1-5-6-7-8-9-10-11-12-13-14-23-32-31(35)28-17-15-27(16-18-28)24-33(37-26(4)34)29-19-21-30(22-20-29)36-25(2)3/h15-22,25H,5-14,23-24H2,1-4H3,(H,32,35). The second-order valence-electron chi connectivity index (χ2n) is 9.91. The summed E-state index contributed by atoms with van der Waals surface area (Å²) in [6.45, 7) is 8.65. The molecule has 2 aromatic carbocycles. The summed E-state index contributed by atoms with van der Waals surface area (Å²) in [6.07, 6.45) is 12.9. The Morgan fingerprint density at radius 3 is 1.92 bits per heavy atom. The van der Waals surface area contributed by atoms with Crippen LogP contribution in [0.2, 0.25) is 0 Å². The lowest BCUT2D eigenvalue weighted by Crippen LogP contribution is -2.26. The van der Waals surface area contributed by atoms with E-state index in [2.05, 4.69) is 12.2 Å². The van der Waals surface area contributed by atoms with E-state index in [0.717, 1.165) is 29.8 Å². The number of benzene rings is 2. The highest BCUT2D eigenvalue weighted by Gasteiger charge is 2.13. The Morgan fingerprint density at radius 1 is 0.811 bits per heavy atom. The highest BCUT2D eigenvalue weighted by Crippen LogP contribution is 2.23. The first-order chi connectivity index (χ1) is 17.9. The Balaban J connectivity index is 1.76. The van der Waals surface area contributed by atoms with Gasteiger partial charge in [0.25, 0.3) is 5.91 Å². The summed E-state index contributed by atoms with van der Waals surface area (Å²) in [7, 11) is 0. The van der Waals surface area contributed by atoms with Crippen LogP contribution in [0, 0.1) is 0 Å². The number of carbonyl (C=O) groups excluding carboxylic acids is 2. The molecule has 0 unspecified atom stereocenters. The molecule has 0 aliphatic carbocycles. The van der Waals surface area contributed by atoms with Crippen molar-refractivity contribution in [3.8, 4) is 5.75 Å². The normalized spacial score (nSPS) is 10.8. The quantitative estimate of drug-likeness (QED) is 0.165. The van der Waals surface area contributed by atoms with Crippen LogP contribution in [0.25, 0.3) is 0 Å². The van der Waals surface area contributed by atoms with Crippen molar-refractivity contribution in [2.24, 2.45) is 0 Å². The van der Waals surface area contributed by atoms with Crippen molar-refractivity contribution in [3.05, 3.63) is 59.7 Å². The van der Waals surface area contributed by atoms with Crippen LogP contribution in [0.15, 0.2) is 48.5 Å². The third-order valence-corrected chi connectivity index (χ3v) is 6.09. The molecular weight excluding hydrogens is 464 g/mol. The Bertz CT molecular complexity index is 910. The number of carbonyl (C=O) groups is 2. The molecule has 0 bridgehead atoms. The molecule has 0 aliphatic rings. The fourth-order valence-electron chi connectivity index (χ4n) is 4.14. The zero-order chi connectivity index (χ0) is 26.9. The monoisotopic (exact) mass is 510 g/mol. The number of anilines is 1. The second kappa shape index (κ2) is 17.4. The SMILES string of the molecule is CCCCCCCCCCCCNC(=O)c1ccc(CN(OC(C)=O)c2ccc(OC(C)C)cc2)cc1. The molecule has 1 N–H and O–H groups in total. The summed E-state index contributed by atoms with van der Waals surface area (Å²) in [5.74, 6) is 0.306. The number of unbranched alkanes of at least 4 members (excludes halogenated alkanes) is 9. The van der Waals surface area contributed by atoms with Gasteiger partial charge < -0.3 is 14.9 Å². The molecule has 0 saturated heterocycles. The van der Waals surface area contributed by atoms with Gasteiger partial charge in [-0.05, 0) is 62.2 Å². The summed E-state index contributed by atoms with van der Waals surface area (Å²) in [6, 6.07) is 14.8. The molecule has 0 spiro atoms. The van der Waals surface area contributed by atoms with E-state index in [4.69, 9.17) is 9.57 Å². The van der Waals surface area contributed by atoms with Crippen molar-refractivity contribution in [2.45, 2.75) is 105 Å². The van der Waals surface area contributed by atoms with Crippen molar-refractivity contribution < 1.29 is 19.2 Å². The summed E-state index contributed by atoms with van der Waals surface area (Å²) >= 11 is 0. The molecule has 0 saturated carbocycles. The summed E-state index contributed by atoms with van der Waals surface area (Å²) in [4.78, 5) is 29.6. The van der Waals surface area contributed by atoms with Gasteiger partial charge in [0.2, 0.25) is 0 Å². The fourth-order valence-corrected chi connectivity index (χ4v) is 4.14. The third-order valence-electron chi connectivity index (χ3n) is 6.09. The van der Waals surface area contributed by atoms with Gasteiger partial charge in [0.15, 0.2) is 0 Å². The Kier molecular flexibility index (Phi) is 14.2. The predicted octanol–water partition coefficient (Wildman–Crippen LogP) is 7.61. The number of nitrogens with zero attached hydrogens (tertiary/aromatic N) is 1. The van der Waals surface area contributed by atoms with Gasteiger partial charge >= 0.3 is 5.97 Å². The minimum atomic E-state index is -0.398. The van der Waals surface area contributed by atoms with E-state index in [1.165, 1.54) is 58.3 Å². The maximum Gasteiger partial charge on any atom is 0.329 e. The molecule has 2 aromatic rings. The smallest absolute Gasteiger partial charge is 0.329 e. The first-order valence-corrected chi connectivity index (χ1v) is 14.0. The van der Waals surface area contributed by atoms with Crippen molar-refractivity contribution in [2.75, 3.05) is 11.6 Å². The number of amides is 1. The zero-order valence-corrected chi connectivity index (χ0v) is 23.3. The summed E-state index contributed by atoms with van der Waals surface area (Å²) in [5.41, 5.74) is 2.30. The van der Waals surface area contributed by atoms with Crippen molar-refractivity contribution in [3.63, 3.8) is 0 Å². The first-order valence-electron chi connectivity index (χ1n) is 14.0. The molecule has 0 fully saturated rings. The van der Waals surface area contributed by atoms with Crippen LogP contribution < -0.4 is 15.1 Å². The summed E-state index contributed by atoms with van der Waals surface area (Å²) < 4.78 is 5.69. The maximum atomic E-state index is 12.5. The Morgan fingerprint density at radius 2 is 1.38 bits per heavy atom. The van der Waals surface area contributed by atoms with Gasteiger partial charge in [-0.2, -0.15) is 0 Å². The molecule has 0 radical (unpaired) electrons. The molecule has 0 aliphatic heterocycles. The van der Waals surface area contributed by atoms with Crippen LogP contribution in [0.4, 0.5) is 5.69 Å². The van der Waals surface area contributed by atoms with Gasteiger partial charge in [-0.25, -0.2) is 5.06 Å². The molecule has 0 atom stereocenters. The average Bonchev–Trinajstić information content (AvgIpc) is 2.87. The lowest BCUT2D eigenvalue weighted by atomic mass is 10.1. The molecular formula is C31H46N2O4. The van der Waals surface area contributed by atoms with Gasteiger partial charge in [-0.15, -0.1) is 0 Å². The largest absolute Gasteiger partial charge is 0.491 e. The lowest BCUT2D eigenvalue weighted by Gasteiger charge is -2.23. The number of ether oxygens (including phenoxy) is 1. The van der Waals surface area contributed by atoms with Crippen molar-refractivity contribution in [1.29, 1.82) is 0 Å². The van der Waals surface area contributed by atoms with Gasteiger partial charge in [-0.1, -0.05) is 76.8 Å². The van der Waals surface area contributed by atoms with Crippen LogP contribution in [-0.2, 0) is 16.2 Å². The number of hydrogen-bond acceptors (Lipinski definition) is 5. The number of hydroxylamine groups is 1. The third kappa shape index (κ3) is 12.7. The van der Waals surface area contributed by atoms with E-state index in [1.807, 2.05) is 62.4 Å². The van der Waals surface area contributed by atoms with Gasteiger partial charge in [0.1, 0.15) is 5.75 Å². The summed E-state index contributed by atoms with van der Waals surface area (Å²) in [5, 5.41) is 4.57. The molecule has 204 valence electrons. The van der Waals surface area contributed by atoms with E-state index in [-0.39, 0.29) is 12.0 Å². The molecule has 0 aromatic heterocycles. The topological polar surface area (TPSA) is 67.9 Å². The highest BCUT2D eigenvalue weighted by molar-refractivity contribution is 5.94. The van der Waals surface area contributed by atoms with Gasteiger partial charge in [0.05, 0.1) is 18.3 Å². The number of hydrogen-bond donors (Lipinski definition) is 1. The number of rotatable bonds is 18. The maximum absolute atomic E-state index is 12.5. The first kappa shape index (κ1) is 30.2. The van der Waals surface area contributed by atoms with Gasteiger partial charge in [-0.3, -0.25) is 9.59 Å². The van der Waals surface area contributed by atoms with E-state index in [0.29, 0.717) is 18.7 Å². The molecule has 6 heteroatoms. The van der Waals surface area contributed by atoms with E-state index in [9.17, 15) is 9.59 Å². The second-order valence-corrected chi connectivity index (χ2v) is 9.91. The van der Waals surface area contributed by atoms with Crippen molar-refractivity contribution >= 4 is 17.6 Å². The van der Waals surface area contributed by atoms with Crippen LogP contribution >= 0.6 is 0 Å². The van der Waals surface area contributed by atoms with Crippen LogP contribution in [0.3, 0.4) is 0 Å². The van der Waals surface area contributed by atoms with Crippen LogP contribution in [0.5, 0.6) is 5.75 Å². The molecule has 6 nitrogen and oxygen atoms in total. The average molecular weight is 511 g/mol. The Labute approximate surface area is 223 Å². The molecule has 1 amide bonds. The minimum absolute atomic E-state index is 0.0555. The van der Waals surface area contributed by atoms with Crippen LogP contribution in [0.1, 0.15) is 108 Å². The minimum Gasteiger partial charge on any atom is -0.491 e.